The zero-order valence-corrected chi connectivity index (χ0v) is 31.7. The average molecular weight is 699 g/mol. The monoisotopic (exact) mass is 698 g/mol. The fraction of sp³-hybridized carbons (Fsp3) is 0.347. The molecule has 0 spiro atoms. The number of unbranched alkanes of at least 4 members (excludes halogenated alkanes) is 10. The predicted octanol–water partition coefficient (Wildman–Crippen LogP) is 13.7. The number of fused-ring (bicyclic) bond motifs is 3. The van der Waals surface area contributed by atoms with Gasteiger partial charge >= 0.3 is 0 Å². The normalized spacial score (nSPS) is 12.8. The molecule has 53 heavy (non-hydrogen) atoms. The van der Waals surface area contributed by atoms with Crippen LogP contribution >= 0.6 is 0 Å². The molecule has 270 valence electrons. The minimum absolute atomic E-state index is 0.0329. The van der Waals surface area contributed by atoms with Crippen molar-refractivity contribution >= 4 is 0 Å². The predicted molar refractivity (Wildman–Crippen MR) is 222 cm³/mol. The van der Waals surface area contributed by atoms with Crippen molar-refractivity contribution in [3.05, 3.63) is 133 Å². The first-order valence-corrected chi connectivity index (χ1v) is 20.3. The molecule has 4 heteroatoms. The molecule has 1 aliphatic carbocycles. The number of hydrogen-bond donors (Lipinski definition) is 0. The van der Waals surface area contributed by atoms with E-state index in [0.717, 1.165) is 33.9 Å². The molecule has 0 saturated heterocycles. The van der Waals surface area contributed by atoms with Crippen LogP contribution in [0.3, 0.4) is 0 Å². The summed E-state index contributed by atoms with van der Waals surface area (Å²) in [5, 5.41) is 0. The maximum Gasteiger partial charge on any atom is 0.0886 e. The Hall–Kier alpha value is -4.96. The first-order chi connectivity index (χ1) is 26.2. The van der Waals surface area contributed by atoms with Crippen molar-refractivity contribution in [3.8, 4) is 56.2 Å². The van der Waals surface area contributed by atoms with Crippen LogP contribution in [0.25, 0.3) is 56.2 Å². The Labute approximate surface area is 317 Å². The molecule has 7 rings (SSSR count). The molecule has 4 nitrogen and oxygen atoms in total. The third-order valence-corrected chi connectivity index (χ3v) is 11.3. The third kappa shape index (κ3) is 8.33. The van der Waals surface area contributed by atoms with Gasteiger partial charge in [-0.1, -0.05) is 139 Å². The molecular weight excluding hydrogens is 645 g/mol. The van der Waals surface area contributed by atoms with E-state index >= 15 is 0 Å². The van der Waals surface area contributed by atoms with Gasteiger partial charge in [0.05, 0.1) is 22.8 Å². The van der Waals surface area contributed by atoms with Crippen molar-refractivity contribution in [2.24, 2.45) is 0 Å². The molecule has 0 amide bonds. The van der Waals surface area contributed by atoms with Crippen LogP contribution in [0.15, 0.2) is 122 Å². The maximum atomic E-state index is 4.86. The van der Waals surface area contributed by atoms with E-state index in [-0.39, 0.29) is 5.41 Å². The summed E-state index contributed by atoms with van der Waals surface area (Å²) in [6, 6.07) is 35.0. The quantitative estimate of drug-likeness (QED) is 0.0839. The van der Waals surface area contributed by atoms with E-state index in [0.29, 0.717) is 0 Å². The summed E-state index contributed by atoms with van der Waals surface area (Å²) in [7, 11) is 0. The topological polar surface area (TPSA) is 51.6 Å². The molecule has 0 N–H and O–H groups in total. The Kier molecular flexibility index (Phi) is 12.2. The van der Waals surface area contributed by atoms with Gasteiger partial charge in [-0.3, -0.25) is 19.9 Å². The smallest absolute Gasteiger partial charge is 0.0886 e. The molecule has 0 atom stereocenters. The second-order valence-electron chi connectivity index (χ2n) is 14.9. The molecule has 0 radical (unpaired) electrons. The van der Waals surface area contributed by atoms with E-state index < -0.39 is 0 Å². The number of hydrogen-bond acceptors (Lipinski definition) is 4. The molecule has 1 aliphatic rings. The minimum Gasteiger partial charge on any atom is -0.255 e. The van der Waals surface area contributed by atoms with Crippen LogP contribution in [0.1, 0.15) is 115 Å². The molecule has 0 saturated carbocycles. The molecule has 0 fully saturated rings. The molecule has 0 aliphatic heterocycles. The lowest BCUT2D eigenvalue weighted by molar-refractivity contribution is 0.398. The van der Waals surface area contributed by atoms with Crippen molar-refractivity contribution in [1.82, 2.24) is 19.9 Å². The summed E-state index contributed by atoms with van der Waals surface area (Å²) in [6.45, 7) is 4.61. The Morgan fingerprint density at radius 2 is 0.811 bits per heavy atom. The van der Waals surface area contributed by atoms with Crippen LogP contribution in [0.2, 0.25) is 0 Å². The van der Waals surface area contributed by atoms with Crippen molar-refractivity contribution < 1.29 is 0 Å². The Morgan fingerprint density at radius 3 is 1.21 bits per heavy atom. The molecule has 0 unspecified atom stereocenters. The second-order valence-corrected chi connectivity index (χ2v) is 14.9. The SMILES string of the molecule is CCCCCCCCC1(CCCCCCCC)c2cc(-c3ccc(-c4ccccn4)nc3)ccc2-c2ccc(-c3ccc(-c4ccccn4)nc3)cc21. The number of aromatic nitrogens is 4. The van der Waals surface area contributed by atoms with Gasteiger partial charge in [-0.25, -0.2) is 0 Å². The molecule has 4 heterocycles. The van der Waals surface area contributed by atoms with Crippen LogP contribution in [-0.4, -0.2) is 19.9 Å². The summed E-state index contributed by atoms with van der Waals surface area (Å²) in [4.78, 5) is 18.8. The van der Waals surface area contributed by atoms with Crippen molar-refractivity contribution in [3.63, 3.8) is 0 Å². The fourth-order valence-corrected chi connectivity index (χ4v) is 8.39. The Balaban J connectivity index is 1.26. The lowest BCUT2D eigenvalue weighted by Crippen LogP contribution is -2.25. The van der Waals surface area contributed by atoms with Crippen molar-refractivity contribution in [1.29, 1.82) is 0 Å². The van der Waals surface area contributed by atoms with E-state index in [9.17, 15) is 0 Å². The summed E-state index contributed by atoms with van der Waals surface area (Å²) in [5.74, 6) is 0. The van der Waals surface area contributed by atoms with Crippen molar-refractivity contribution in [2.45, 2.75) is 109 Å². The van der Waals surface area contributed by atoms with E-state index in [1.165, 1.54) is 123 Å². The van der Waals surface area contributed by atoms with Crippen molar-refractivity contribution in [2.75, 3.05) is 0 Å². The van der Waals surface area contributed by atoms with E-state index in [1.54, 1.807) is 0 Å². The van der Waals surface area contributed by atoms with E-state index in [1.807, 2.05) is 61.2 Å². The second kappa shape index (κ2) is 17.7. The highest BCUT2D eigenvalue weighted by Gasteiger charge is 2.42. The first kappa shape index (κ1) is 36.4. The zero-order chi connectivity index (χ0) is 36.3. The maximum absolute atomic E-state index is 4.86. The van der Waals surface area contributed by atoms with Gasteiger partial charge in [0.2, 0.25) is 0 Å². The Bertz CT molecular complexity index is 1890. The van der Waals surface area contributed by atoms with Crippen LogP contribution in [-0.2, 0) is 5.41 Å². The highest BCUT2D eigenvalue weighted by molar-refractivity contribution is 5.86. The fourth-order valence-electron chi connectivity index (χ4n) is 8.39. The van der Waals surface area contributed by atoms with Gasteiger partial charge in [0.25, 0.3) is 0 Å². The summed E-state index contributed by atoms with van der Waals surface area (Å²) in [6.07, 6.45) is 25.7. The number of rotatable bonds is 18. The van der Waals surface area contributed by atoms with Gasteiger partial charge in [-0.15, -0.1) is 0 Å². The number of pyridine rings is 4. The highest BCUT2D eigenvalue weighted by Crippen LogP contribution is 2.55. The van der Waals surface area contributed by atoms with Gasteiger partial charge in [0.15, 0.2) is 0 Å². The van der Waals surface area contributed by atoms with Crippen LogP contribution in [0.4, 0.5) is 0 Å². The van der Waals surface area contributed by atoms with Gasteiger partial charge in [-0.05, 0) is 94.8 Å². The summed E-state index contributed by atoms with van der Waals surface area (Å²) < 4.78 is 0. The molecular formula is C49H54N4. The lowest BCUT2D eigenvalue weighted by atomic mass is 9.70. The van der Waals surface area contributed by atoms with E-state index in [2.05, 4.69) is 84.5 Å². The molecule has 2 aromatic carbocycles. The summed E-state index contributed by atoms with van der Waals surface area (Å²) in [5.41, 5.74) is 14.1. The van der Waals surface area contributed by atoms with E-state index in [4.69, 9.17) is 9.97 Å². The van der Waals surface area contributed by atoms with Gasteiger partial charge in [0, 0.05) is 41.3 Å². The third-order valence-electron chi connectivity index (χ3n) is 11.3. The molecule has 4 aromatic heterocycles. The van der Waals surface area contributed by atoms with Crippen LogP contribution < -0.4 is 0 Å². The summed E-state index contributed by atoms with van der Waals surface area (Å²) >= 11 is 0. The average Bonchev–Trinajstić information content (AvgIpc) is 3.49. The Morgan fingerprint density at radius 1 is 0.396 bits per heavy atom. The number of nitrogens with zero attached hydrogens (tertiary/aromatic N) is 4. The van der Waals surface area contributed by atoms with Gasteiger partial charge < -0.3 is 0 Å². The van der Waals surface area contributed by atoms with Crippen LogP contribution in [0, 0.1) is 0 Å². The largest absolute Gasteiger partial charge is 0.255 e. The standard InChI is InChI=1S/C49H54N4/c1-3-5-7-9-11-15-29-49(30-16-12-10-8-6-4-2)43-33-37(39-23-27-47(52-35-39)45-19-13-17-31-50-45)21-25-41(43)42-26-22-38(34-44(42)49)40-24-28-48(53-36-40)46-20-14-18-32-51-46/h13-14,17-28,31-36H,3-12,15-16,29-30H2,1-2H3. The highest BCUT2D eigenvalue weighted by atomic mass is 14.8. The molecule has 0 bridgehead atoms. The number of benzene rings is 2. The van der Waals surface area contributed by atoms with Gasteiger partial charge in [0.1, 0.15) is 0 Å². The molecule has 6 aromatic rings. The first-order valence-electron chi connectivity index (χ1n) is 20.3. The minimum atomic E-state index is -0.0329. The lowest BCUT2D eigenvalue weighted by Gasteiger charge is -2.33. The van der Waals surface area contributed by atoms with Gasteiger partial charge in [-0.2, -0.15) is 0 Å². The van der Waals surface area contributed by atoms with Crippen LogP contribution in [0.5, 0.6) is 0 Å². The zero-order valence-electron chi connectivity index (χ0n) is 31.7.